The second-order valence-corrected chi connectivity index (χ2v) is 6.01. The van der Waals surface area contributed by atoms with Crippen LogP contribution in [-0.4, -0.2) is 27.1 Å². The topological polar surface area (TPSA) is 91.9 Å². The number of nitrogens with one attached hydrogen (secondary N) is 3. The molecule has 1 saturated carbocycles. The third kappa shape index (κ3) is 3.28. The van der Waals surface area contributed by atoms with E-state index in [0.717, 1.165) is 31.5 Å². The maximum atomic E-state index is 14.0. The van der Waals surface area contributed by atoms with Gasteiger partial charge in [0, 0.05) is 17.6 Å². The number of carbonyl (C=O) groups excluding carboxylic acids is 1. The van der Waals surface area contributed by atoms with Gasteiger partial charge >= 0.3 is 6.03 Å². The lowest BCUT2D eigenvalue weighted by Crippen LogP contribution is -2.25. The molecule has 134 valence electrons. The minimum absolute atomic E-state index is 0.00925. The lowest BCUT2D eigenvalue weighted by Gasteiger charge is -2.25. The highest BCUT2D eigenvalue weighted by molar-refractivity contribution is 6.05. The smallest absolute Gasteiger partial charge is 0.323 e. The van der Waals surface area contributed by atoms with Crippen molar-refractivity contribution < 1.29 is 18.3 Å². The summed E-state index contributed by atoms with van der Waals surface area (Å²) in [7, 11) is 0. The molecule has 3 N–H and O–H groups in total. The quantitative estimate of drug-likeness (QED) is 0.660. The number of halogens is 2. The Morgan fingerprint density at radius 3 is 2.77 bits per heavy atom. The lowest BCUT2D eigenvalue weighted by atomic mass is 9.96. The van der Waals surface area contributed by atoms with Crippen molar-refractivity contribution in [3.05, 3.63) is 42.4 Å². The summed E-state index contributed by atoms with van der Waals surface area (Å²) >= 11 is 0. The molecular weight excluding hydrogens is 344 g/mol. The van der Waals surface area contributed by atoms with Crippen LogP contribution in [0.2, 0.25) is 0 Å². The number of nitrogens with zero attached hydrogens (tertiary/aromatic N) is 2. The van der Waals surface area contributed by atoms with Crippen molar-refractivity contribution in [3.63, 3.8) is 0 Å². The van der Waals surface area contributed by atoms with Gasteiger partial charge in [-0.05, 0) is 25.3 Å². The predicted octanol–water partition coefficient (Wildman–Crippen LogP) is 3.81. The van der Waals surface area contributed by atoms with Crippen LogP contribution in [0, 0.1) is 11.6 Å². The molecule has 4 rings (SSSR count). The Morgan fingerprint density at radius 2 is 2.04 bits per heavy atom. The molecule has 7 nitrogen and oxygen atoms in total. The minimum atomic E-state index is -0.645. The molecule has 3 heterocycles. The van der Waals surface area contributed by atoms with Gasteiger partial charge in [-0.25, -0.2) is 23.5 Å². The molecule has 0 bridgehead atoms. The predicted molar refractivity (Wildman–Crippen MR) is 91.2 cm³/mol. The zero-order chi connectivity index (χ0) is 18.1. The Balaban J connectivity index is 1.44. The first-order chi connectivity index (χ1) is 12.6. The number of aromatic nitrogens is 3. The maximum Gasteiger partial charge on any atom is 0.323 e. The van der Waals surface area contributed by atoms with E-state index in [1.54, 1.807) is 0 Å². The highest BCUT2D eigenvalue weighted by Crippen LogP contribution is 2.27. The number of carbonyl (C=O) groups is 1. The minimum Gasteiger partial charge on any atom is -0.472 e. The van der Waals surface area contributed by atoms with Crippen LogP contribution in [0.25, 0.3) is 11.0 Å². The standard InChI is InChI=1S/C17H15F2N5O2/c18-9-4-12-14(8-21-15(12)20-6-9)24-17(25)23-10-5-13(19)16(22-7-10)26-11-2-1-3-11/h4-8,11H,1-3H2,(H,20,21)(H2,23,24,25). The number of rotatable bonds is 4. The van der Waals surface area contributed by atoms with E-state index >= 15 is 0 Å². The fourth-order valence-electron chi connectivity index (χ4n) is 2.59. The fourth-order valence-corrected chi connectivity index (χ4v) is 2.59. The number of urea groups is 1. The third-order valence-electron chi connectivity index (χ3n) is 4.14. The zero-order valence-corrected chi connectivity index (χ0v) is 13.6. The Bertz CT molecular complexity index is 971. The van der Waals surface area contributed by atoms with Gasteiger partial charge in [0.25, 0.3) is 5.88 Å². The molecule has 3 aromatic rings. The Morgan fingerprint density at radius 1 is 1.19 bits per heavy atom. The van der Waals surface area contributed by atoms with Gasteiger partial charge in [0.05, 0.1) is 23.8 Å². The van der Waals surface area contributed by atoms with E-state index in [2.05, 4.69) is 25.6 Å². The van der Waals surface area contributed by atoms with Crippen molar-refractivity contribution in [2.75, 3.05) is 10.6 Å². The zero-order valence-electron chi connectivity index (χ0n) is 13.6. The highest BCUT2D eigenvalue weighted by Gasteiger charge is 2.21. The molecular formula is C17H15F2N5O2. The fraction of sp³-hybridized carbons (Fsp3) is 0.235. The van der Waals surface area contributed by atoms with Crippen LogP contribution in [0.5, 0.6) is 5.88 Å². The van der Waals surface area contributed by atoms with Gasteiger partial charge < -0.3 is 20.4 Å². The molecule has 1 fully saturated rings. The van der Waals surface area contributed by atoms with Gasteiger partial charge in [0.1, 0.15) is 17.6 Å². The Labute approximate surface area is 146 Å². The number of H-pyrrole nitrogens is 1. The third-order valence-corrected chi connectivity index (χ3v) is 4.14. The number of hydrogen-bond donors (Lipinski definition) is 3. The number of pyridine rings is 2. The van der Waals surface area contributed by atoms with Gasteiger partial charge in [-0.15, -0.1) is 0 Å². The summed E-state index contributed by atoms with van der Waals surface area (Å²) in [6.07, 6.45) is 6.74. The number of aromatic amines is 1. The van der Waals surface area contributed by atoms with Crippen molar-refractivity contribution in [2.24, 2.45) is 0 Å². The molecule has 2 amide bonds. The number of hydrogen-bond acceptors (Lipinski definition) is 4. The number of amides is 2. The van der Waals surface area contributed by atoms with E-state index in [-0.39, 0.29) is 17.7 Å². The summed E-state index contributed by atoms with van der Waals surface area (Å²) in [5, 5.41) is 5.45. The van der Waals surface area contributed by atoms with Gasteiger partial charge in [-0.3, -0.25) is 0 Å². The molecule has 0 aliphatic heterocycles. The molecule has 0 spiro atoms. The largest absolute Gasteiger partial charge is 0.472 e. The molecule has 1 aliphatic rings. The summed E-state index contributed by atoms with van der Waals surface area (Å²) in [4.78, 5) is 22.7. The number of ether oxygens (including phenoxy) is 1. The SMILES string of the molecule is O=C(Nc1cnc(OC2CCC2)c(F)c1)Nc1c[nH]c2ncc(F)cc12. The average Bonchev–Trinajstić information content (AvgIpc) is 2.94. The lowest BCUT2D eigenvalue weighted by molar-refractivity contribution is 0.109. The van der Waals surface area contributed by atoms with Gasteiger partial charge in [0.15, 0.2) is 5.82 Å². The maximum absolute atomic E-state index is 14.0. The van der Waals surface area contributed by atoms with E-state index in [1.165, 1.54) is 18.5 Å². The van der Waals surface area contributed by atoms with Crippen LogP contribution in [0.3, 0.4) is 0 Å². The molecule has 9 heteroatoms. The van der Waals surface area contributed by atoms with Crippen LogP contribution in [0.4, 0.5) is 25.0 Å². The molecule has 0 unspecified atom stereocenters. The first-order valence-corrected chi connectivity index (χ1v) is 8.11. The Hall–Kier alpha value is -3.23. The summed E-state index contributed by atoms with van der Waals surface area (Å²) in [5.74, 6) is -1.24. The molecule has 3 aromatic heterocycles. The molecule has 0 aromatic carbocycles. The normalized spacial score (nSPS) is 14.1. The summed E-state index contributed by atoms with van der Waals surface area (Å²) in [5.41, 5.74) is 0.958. The first-order valence-electron chi connectivity index (χ1n) is 8.11. The van der Waals surface area contributed by atoms with E-state index in [4.69, 9.17) is 4.74 Å². The molecule has 26 heavy (non-hydrogen) atoms. The second-order valence-electron chi connectivity index (χ2n) is 6.01. The summed E-state index contributed by atoms with van der Waals surface area (Å²) < 4.78 is 32.8. The van der Waals surface area contributed by atoms with Crippen molar-refractivity contribution in [1.29, 1.82) is 0 Å². The van der Waals surface area contributed by atoms with Crippen LogP contribution in [-0.2, 0) is 0 Å². The van der Waals surface area contributed by atoms with Gasteiger partial charge in [-0.1, -0.05) is 0 Å². The second kappa shape index (κ2) is 6.58. The van der Waals surface area contributed by atoms with Gasteiger partial charge in [-0.2, -0.15) is 0 Å². The monoisotopic (exact) mass is 359 g/mol. The van der Waals surface area contributed by atoms with E-state index in [1.807, 2.05) is 0 Å². The Kier molecular flexibility index (Phi) is 4.11. The van der Waals surface area contributed by atoms with Crippen LogP contribution in [0.1, 0.15) is 19.3 Å². The van der Waals surface area contributed by atoms with Crippen LogP contribution < -0.4 is 15.4 Å². The van der Waals surface area contributed by atoms with Crippen LogP contribution >= 0.6 is 0 Å². The molecule has 0 atom stereocenters. The molecule has 1 aliphatic carbocycles. The van der Waals surface area contributed by atoms with Crippen LogP contribution in [0.15, 0.2) is 30.7 Å². The van der Waals surface area contributed by atoms with Crippen molar-refractivity contribution in [2.45, 2.75) is 25.4 Å². The average molecular weight is 359 g/mol. The number of anilines is 2. The number of fused-ring (bicyclic) bond motifs is 1. The van der Waals surface area contributed by atoms with Crippen molar-refractivity contribution in [3.8, 4) is 5.88 Å². The van der Waals surface area contributed by atoms with E-state index in [9.17, 15) is 13.6 Å². The van der Waals surface area contributed by atoms with Gasteiger partial charge in [0.2, 0.25) is 0 Å². The van der Waals surface area contributed by atoms with Crippen molar-refractivity contribution >= 4 is 28.4 Å². The summed E-state index contributed by atoms with van der Waals surface area (Å²) in [6, 6.07) is 1.77. The van der Waals surface area contributed by atoms with E-state index < -0.39 is 17.7 Å². The molecule has 0 radical (unpaired) electrons. The first kappa shape index (κ1) is 16.2. The summed E-state index contributed by atoms with van der Waals surface area (Å²) in [6.45, 7) is 0. The molecule has 0 saturated heterocycles. The highest BCUT2D eigenvalue weighted by atomic mass is 19.1. The van der Waals surface area contributed by atoms with Crippen molar-refractivity contribution in [1.82, 2.24) is 15.0 Å². The van der Waals surface area contributed by atoms with E-state index in [0.29, 0.717) is 16.7 Å².